The molecule has 1 N–H and O–H groups in total. The van der Waals surface area contributed by atoms with Gasteiger partial charge in [-0.2, -0.15) is 0 Å². The number of aliphatic carboxylic acids is 1. The van der Waals surface area contributed by atoms with Crippen LogP contribution in [0.25, 0.3) is 0 Å². The van der Waals surface area contributed by atoms with E-state index < -0.39 is 22.3 Å². The summed E-state index contributed by atoms with van der Waals surface area (Å²) in [6.45, 7) is 2.93. The Morgan fingerprint density at radius 3 is 2.52 bits per heavy atom. The maximum absolute atomic E-state index is 11.8. The molecule has 1 atom stereocenters. The second-order valence-electron chi connectivity index (χ2n) is 4.74. The van der Waals surface area contributed by atoms with Crippen LogP contribution >= 0.6 is 0 Å². The fourth-order valence-corrected chi connectivity index (χ4v) is 1.87. The molecule has 0 bridgehead atoms. The van der Waals surface area contributed by atoms with E-state index in [2.05, 4.69) is 0 Å². The van der Waals surface area contributed by atoms with E-state index in [0.29, 0.717) is 5.56 Å². The molecule has 7 nitrogen and oxygen atoms in total. The van der Waals surface area contributed by atoms with Crippen molar-refractivity contribution in [1.82, 2.24) is 0 Å². The van der Waals surface area contributed by atoms with Crippen molar-refractivity contribution in [1.29, 1.82) is 0 Å². The number of nitro groups is 1. The Bertz CT molecular complexity index is 556. The standard InChI is InChI=1S/C14H17NO6/c1-3-21-13(18)14(2,12(16)17)9-8-10-6-4-5-7-11(10)15(19)20/h4-7H,3,8-9H2,1-2H3,(H,16,17). The van der Waals surface area contributed by atoms with Crippen LogP contribution in [0.5, 0.6) is 0 Å². The molecule has 0 spiro atoms. The highest BCUT2D eigenvalue weighted by Crippen LogP contribution is 2.28. The minimum atomic E-state index is -1.72. The smallest absolute Gasteiger partial charge is 0.323 e. The van der Waals surface area contributed by atoms with Gasteiger partial charge in [-0.05, 0) is 26.7 Å². The summed E-state index contributed by atoms with van der Waals surface area (Å²) in [4.78, 5) is 33.5. The molecule has 0 saturated heterocycles. The minimum absolute atomic E-state index is 0.0766. The molecule has 7 heteroatoms. The number of aryl methyl sites for hydroxylation is 1. The average Bonchev–Trinajstić information content (AvgIpc) is 2.44. The zero-order valence-electron chi connectivity index (χ0n) is 11.9. The first-order valence-corrected chi connectivity index (χ1v) is 6.45. The molecular weight excluding hydrogens is 278 g/mol. The van der Waals surface area contributed by atoms with Crippen molar-refractivity contribution in [3.63, 3.8) is 0 Å². The summed E-state index contributed by atoms with van der Waals surface area (Å²) in [5.41, 5.74) is -1.42. The van der Waals surface area contributed by atoms with E-state index in [0.717, 1.165) is 0 Å². The topological polar surface area (TPSA) is 107 Å². The summed E-state index contributed by atoms with van der Waals surface area (Å²) < 4.78 is 4.78. The van der Waals surface area contributed by atoms with E-state index in [1.807, 2.05) is 0 Å². The molecule has 0 aromatic heterocycles. The number of ether oxygens (including phenoxy) is 1. The third kappa shape index (κ3) is 3.77. The number of nitrogens with zero attached hydrogens (tertiary/aromatic N) is 1. The normalized spacial score (nSPS) is 13.2. The van der Waals surface area contributed by atoms with E-state index >= 15 is 0 Å². The number of carbonyl (C=O) groups excluding carboxylic acids is 1. The first kappa shape index (κ1) is 16.6. The summed E-state index contributed by atoms with van der Waals surface area (Å²) in [5.74, 6) is -2.14. The van der Waals surface area contributed by atoms with Crippen LogP contribution in [0.3, 0.4) is 0 Å². The number of esters is 1. The molecular formula is C14H17NO6. The number of carboxylic acids is 1. The lowest BCUT2D eigenvalue weighted by molar-refractivity contribution is -0.385. The molecule has 0 heterocycles. The molecule has 1 rings (SSSR count). The second kappa shape index (κ2) is 6.83. The third-order valence-electron chi connectivity index (χ3n) is 3.28. The van der Waals surface area contributed by atoms with Gasteiger partial charge in [-0.25, -0.2) is 0 Å². The number of carbonyl (C=O) groups is 2. The van der Waals surface area contributed by atoms with E-state index in [4.69, 9.17) is 4.74 Å². The number of hydrogen-bond donors (Lipinski definition) is 1. The van der Waals surface area contributed by atoms with Gasteiger partial charge in [0.2, 0.25) is 0 Å². The molecule has 0 saturated carbocycles. The van der Waals surface area contributed by atoms with Crippen molar-refractivity contribution >= 4 is 17.6 Å². The Balaban J connectivity index is 2.96. The zero-order chi connectivity index (χ0) is 16.0. The minimum Gasteiger partial charge on any atom is -0.480 e. The van der Waals surface area contributed by atoms with E-state index in [1.54, 1.807) is 19.1 Å². The van der Waals surface area contributed by atoms with E-state index in [-0.39, 0.29) is 25.1 Å². The van der Waals surface area contributed by atoms with Gasteiger partial charge in [0.15, 0.2) is 5.41 Å². The highest BCUT2D eigenvalue weighted by atomic mass is 16.6. The van der Waals surface area contributed by atoms with Gasteiger partial charge in [0.25, 0.3) is 5.69 Å². The molecule has 21 heavy (non-hydrogen) atoms. The maximum atomic E-state index is 11.8. The number of nitro benzene ring substituents is 1. The third-order valence-corrected chi connectivity index (χ3v) is 3.28. The highest BCUT2D eigenvalue weighted by molar-refractivity contribution is 5.98. The Morgan fingerprint density at radius 2 is 2.00 bits per heavy atom. The van der Waals surface area contributed by atoms with Crippen molar-refractivity contribution in [2.45, 2.75) is 26.7 Å². The molecule has 1 aromatic rings. The number of carboxylic acid groups (broad SMARTS) is 1. The summed E-state index contributed by atoms with van der Waals surface area (Å²) in [6.07, 6.45) is 0.0186. The Morgan fingerprint density at radius 1 is 1.38 bits per heavy atom. The van der Waals surface area contributed by atoms with Crippen LogP contribution in [-0.2, 0) is 20.7 Å². The highest BCUT2D eigenvalue weighted by Gasteiger charge is 2.42. The quantitative estimate of drug-likeness (QED) is 0.357. The van der Waals surface area contributed by atoms with E-state index in [9.17, 15) is 24.8 Å². The fourth-order valence-electron chi connectivity index (χ4n) is 1.87. The van der Waals surface area contributed by atoms with Gasteiger partial charge >= 0.3 is 11.9 Å². The maximum Gasteiger partial charge on any atom is 0.323 e. The van der Waals surface area contributed by atoms with Crippen LogP contribution in [0.1, 0.15) is 25.8 Å². The lowest BCUT2D eigenvalue weighted by Crippen LogP contribution is -2.38. The van der Waals surface area contributed by atoms with Gasteiger partial charge in [0.05, 0.1) is 11.5 Å². The monoisotopic (exact) mass is 295 g/mol. The SMILES string of the molecule is CCOC(=O)C(C)(CCc1ccccc1[N+](=O)[O-])C(=O)O. The predicted octanol–water partition coefficient (Wildman–Crippen LogP) is 2.18. The van der Waals surface area contributed by atoms with Crippen molar-refractivity contribution in [2.24, 2.45) is 5.41 Å². The van der Waals surface area contributed by atoms with Gasteiger partial charge in [-0.3, -0.25) is 19.7 Å². The van der Waals surface area contributed by atoms with Crippen molar-refractivity contribution < 1.29 is 24.4 Å². The van der Waals surface area contributed by atoms with Crippen LogP contribution in [0.2, 0.25) is 0 Å². The van der Waals surface area contributed by atoms with E-state index in [1.165, 1.54) is 19.1 Å². The number of benzene rings is 1. The van der Waals surface area contributed by atoms with Gasteiger partial charge in [0, 0.05) is 11.6 Å². The van der Waals surface area contributed by atoms with Gasteiger partial charge in [-0.15, -0.1) is 0 Å². The summed E-state index contributed by atoms with van der Waals surface area (Å²) in [5, 5.41) is 20.2. The van der Waals surface area contributed by atoms with Crippen LogP contribution in [0.15, 0.2) is 24.3 Å². The molecule has 0 aliphatic heterocycles. The Kier molecular flexibility index (Phi) is 5.40. The van der Waals surface area contributed by atoms with Crippen LogP contribution in [-0.4, -0.2) is 28.6 Å². The molecule has 0 fully saturated rings. The zero-order valence-corrected chi connectivity index (χ0v) is 11.9. The summed E-state index contributed by atoms with van der Waals surface area (Å²) >= 11 is 0. The Hall–Kier alpha value is -2.44. The Labute approximate surface area is 121 Å². The first-order valence-electron chi connectivity index (χ1n) is 6.45. The van der Waals surface area contributed by atoms with Crippen molar-refractivity contribution in [3.05, 3.63) is 39.9 Å². The molecule has 114 valence electrons. The van der Waals surface area contributed by atoms with Gasteiger partial charge in [-0.1, -0.05) is 18.2 Å². The molecule has 0 amide bonds. The van der Waals surface area contributed by atoms with Gasteiger partial charge in [0.1, 0.15) is 0 Å². The number of para-hydroxylation sites is 1. The molecule has 1 unspecified atom stereocenters. The lowest BCUT2D eigenvalue weighted by Gasteiger charge is -2.22. The summed E-state index contributed by atoms with van der Waals surface area (Å²) in [6, 6.07) is 6.05. The second-order valence-corrected chi connectivity index (χ2v) is 4.74. The molecule has 0 radical (unpaired) electrons. The lowest BCUT2D eigenvalue weighted by atomic mass is 9.84. The van der Waals surface area contributed by atoms with Crippen LogP contribution in [0.4, 0.5) is 5.69 Å². The summed E-state index contributed by atoms with van der Waals surface area (Å²) in [7, 11) is 0. The van der Waals surface area contributed by atoms with Gasteiger partial charge < -0.3 is 9.84 Å². The molecule has 1 aromatic carbocycles. The fraction of sp³-hybridized carbons (Fsp3) is 0.429. The number of rotatable bonds is 7. The van der Waals surface area contributed by atoms with Crippen molar-refractivity contribution in [2.75, 3.05) is 6.61 Å². The number of hydrogen-bond acceptors (Lipinski definition) is 5. The molecule has 0 aliphatic rings. The first-order chi connectivity index (χ1) is 9.82. The molecule has 0 aliphatic carbocycles. The van der Waals surface area contributed by atoms with Crippen LogP contribution in [0, 0.1) is 15.5 Å². The van der Waals surface area contributed by atoms with Crippen LogP contribution < -0.4 is 0 Å². The predicted molar refractivity (Wildman–Crippen MR) is 73.8 cm³/mol. The van der Waals surface area contributed by atoms with Crippen molar-refractivity contribution in [3.8, 4) is 0 Å². The largest absolute Gasteiger partial charge is 0.480 e. The average molecular weight is 295 g/mol.